The van der Waals surface area contributed by atoms with Gasteiger partial charge in [0.25, 0.3) is 11.8 Å². The van der Waals surface area contributed by atoms with Crippen LogP contribution in [-0.2, 0) is 15.1 Å². The molecule has 2 fully saturated rings. The molecule has 1 amide bonds. The summed E-state index contributed by atoms with van der Waals surface area (Å²) in [5.74, 6) is 0.439. The Balaban J connectivity index is 1.40. The molecule has 9 heteroatoms. The maximum Gasteiger partial charge on any atom is 0.255 e. The van der Waals surface area contributed by atoms with Crippen LogP contribution in [0.3, 0.4) is 0 Å². The van der Waals surface area contributed by atoms with Crippen molar-refractivity contribution >= 4 is 23.6 Å². The van der Waals surface area contributed by atoms with Crippen LogP contribution in [0.15, 0.2) is 33.8 Å². The fourth-order valence-electron chi connectivity index (χ4n) is 5.39. The number of nitrogens with zero attached hydrogens (tertiary/aromatic N) is 5. The van der Waals surface area contributed by atoms with Gasteiger partial charge >= 0.3 is 0 Å². The molecule has 1 saturated heterocycles. The lowest BCUT2D eigenvalue weighted by Crippen LogP contribution is -2.60. The van der Waals surface area contributed by atoms with E-state index >= 15 is 0 Å². The fourth-order valence-corrected chi connectivity index (χ4v) is 5.39. The second-order valence-corrected chi connectivity index (χ2v) is 9.05. The largest absolute Gasteiger partial charge is 0.382 e. The van der Waals surface area contributed by atoms with Crippen LogP contribution in [-0.4, -0.2) is 45.9 Å². The van der Waals surface area contributed by atoms with E-state index in [9.17, 15) is 9.90 Å². The Bertz CT molecular complexity index is 1050. The molecule has 3 aliphatic heterocycles. The standard InChI is InChI=1S/C22H25N5O4/c1-21(9-6-12-30-21)27-15-8-3-2-7-14(15)26-13-23-16(17(26)19(27)28)18-24-20(25-31-18)22(29)10-4-5-11-22/h2-3,7-8,13,16-17,29H,4-6,9-12H2,1H3. The van der Waals surface area contributed by atoms with Crippen LogP contribution < -0.4 is 9.80 Å². The van der Waals surface area contributed by atoms with Crippen molar-refractivity contribution in [1.82, 2.24) is 10.1 Å². The molecule has 6 rings (SSSR count). The number of aromatic nitrogens is 2. The van der Waals surface area contributed by atoms with E-state index in [0.717, 1.165) is 37.1 Å². The second kappa shape index (κ2) is 6.61. The zero-order chi connectivity index (χ0) is 21.2. The molecule has 0 bridgehead atoms. The summed E-state index contributed by atoms with van der Waals surface area (Å²) in [6.07, 6.45) is 6.44. The summed E-state index contributed by atoms with van der Waals surface area (Å²) in [7, 11) is 0. The summed E-state index contributed by atoms with van der Waals surface area (Å²) in [4.78, 5) is 26.6. The highest BCUT2D eigenvalue weighted by Gasteiger charge is 2.53. The lowest BCUT2D eigenvalue weighted by atomic mass is 9.97. The summed E-state index contributed by atoms with van der Waals surface area (Å²) < 4.78 is 11.6. The SMILES string of the molecule is CC1(N2C(=O)C3C(c4nc(C5(O)CCCC5)no4)N=CN3c3ccccc32)CCCO1. The van der Waals surface area contributed by atoms with Crippen LogP contribution in [0.25, 0.3) is 0 Å². The normalized spacial score (nSPS) is 31.4. The van der Waals surface area contributed by atoms with Crippen molar-refractivity contribution in [2.45, 2.75) is 68.9 Å². The molecule has 2 aromatic rings. The highest BCUT2D eigenvalue weighted by atomic mass is 16.5. The summed E-state index contributed by atoms with van der Waals surface area (Å²) >= 11 is 0. The van der Waals surface area contributed by atoms with Gasteiger partial charge in [-0.3, -0.25) is 14.7 Å². The van der Waals surface area contributed by atoms with E-state index < -0.39 is 23.4 Å². The van der Waals surface area contributed by atoms with E-state index in [0.29, 0.717) is 25.3 Å². The number of anilines is 2. The van der Waals surface area contributed by atoms with Gasteiger partial charge in [0.15, 0.2) is 6.04 Å². The van der Waals surface area contributed by atoms with Gasteiger partial charge in [0.2, 0.25) is 5.82 Å². The molecular weight excluding hydrogens is 398 g/mol. The molecule has 1 saturated carbocycles. The predicted molar refractivity (Wildman–Crippen MR) is 112 cm³/mol. The van der Waals surface area contributed by atoms with Gasteiger partial charge in [-0.05, 0) is 57.6 Å². The number of aliphatic imine (C=N–C) groups is 1. The Morgan fingerprint density at radius 2 is 1.90 bits per heavy atom. The van der Waals surface area contributed by atoms with Gasteiger partial charge in [-0.15, -0.1) is 0 Å². The van der Waals surface area contributed by atoms with Crippen LogP contribution in [0.1, 0.15) is 63.2 Å². The minimum Gasteiger partial charge on any atom is -0.382 e. The topological polar surface area (TPSA) is 104 Å². The minimum absolute atomic E-state index is 0.107. The van der Waals surface area contributed by atoms with E-state index in [1.165, 1.54) is 0 Å². The number of amides is 1. The number of ether oxygens (including phenoxy) is 1. The molecule has 162 valence electrons. The first-order chi connectivity index (χ1) is 15.0. The van der Waals surface area contributed by atoms with Crippen molar-refractivity contribution in [3.05, 3.63) is 36.0 Å². The summed E-state index contributed by atoms with van der Waals surface area (Å²) in [5.41, 5.74) is -0.0498. The lowest BCUT2D eigenvalue weighted by Gasteiger charge is -2.45. The van der Waals surface area contributed by atoms with Gasteiger partial charge in [0.05, 0.1) is 17.7 Å². The molecule has 4 aliphatic rings. The third kappa shape index (κ3) is 2.69. The molecule has 1 aromatic carbocycles. The highest BCUT2D eigenvalue weighted by Crippen LogP contribution is 2.47. The van der Waals surface area contributed by atoms with Gasteiger partial charge in [-0.1, -0.05) is 17.3 Å². The molecular formula is C22H25N5O4. The minimum atomic E-state index is -1.05. The number of hydrogen-bond donors (Lipinski definition) is 1. The van der Waals surface area contributed by atoms with E-state index in [1.807, 2.05) is 36.1 Å². The van der Waals surface area contributed by atoms with Gasteiger partial charge < -0.3 is 19.3 Å². The summed E-state index contributed by atoms with van der Waals surface area (Å²) in [5, 5.41) is 14.9. The summed E-state index contributed by atoms with van der Waals surface area (Å²) in [6.45, 7) is 2.60. The average molecular weight is 423 g/mol. The number of benzene rings is 1. The van der Waals surface area contributed by atoms with Crippen molar-refractivity contribution < 1.29 is 19.2 Å². The Morgan fingerprint density at radius 3 is 2.65 bits per heavy atom. The van der Waals surface area contributed by atoms with Crippen molar-refractivity contribution in [2.24, 2.45) is 4.99 Å². The van der Waals surface area contributed by atoms with Gasteiger partial charge in [0.1, 0.15) is 17.4 Å². The molecule has 1 aromatic heterocycles. The fraction of sp³-hybridized carbons (Fsp3) is 0.545. The average Bonchev–Trinajstić information content (AvgIpc) is 3.55. The van der Waals surface area contributed by atoms with Gasteiger partial charge in [-0.25, -0.2) is 0 Å². The zero-order valence-electron chi connectivity index (χ0n) is 17.4. The molecule has 1 N–H and O–H groups in total. The van der Waals surface area contributed by atoms with E-state index in [2.05, 4.69) is 15.1 Å². The van der Waals surface area contributed by atoms with E-state index in [4.69, 9.17) is 9.26 Å². The Hall–Kier alpha value is -2.78. The quantitative estimate of drug-likeness (QED) is 0.809. The number of hydrogen-bond acceptors (Lipinski definition) is 8. The molecule has 31 heavy (non-hydrogen) atoms. The van der Waals surface area contributed by atoms with Crippen molar-refractivity contribution in [3.63, 3.8) is 0 Å². The number of para-hydroxylation sites is 2. The first-order valence-corrected chi connectivity index (χ1v) is 11.0. The van der Waals surface area contributed by atoms with Crippen LogP contribution in [0.5, 0.6) is 0 Å². The summed E-state index contributed by atoms with van der Waals surface area (Å²) in [6, 6.07) is 6.52. The molecule has 1 aliphatic carbocycles. The Labute approximate surface area is 179 Å². The molecule has 0 spiro atoms. The third-order valence-corrected chi connectivity index (χ3v) is 7.04. The number of rotatable bonds is 3. The van der Waals surface area contributed by atoms with Crippen molar-refractivity contribution in [1.29, 1.82) is 0 Å². The maximum absolute atomic E-state index is 13.9. The number of aliphatic hydroxyl groups is 1. The number of carbonyl (C=O) groups excluding carboxylic acids is 1. The smallest absolute Gasteiger partial charge is 0.255 e. The third-order valence-electron chi connectivity index (χ3n) is 7.04. The molecule has 3 atom stereocenters. The van der Waals surface area contributed by atoms with Crippen LogP contribution in [0.2, 0.25) is 0 Å². The predicted octanol–water partition coefficient (Wildman–Crippen LogP) is 2.66. The monoisotopic (exact) mass is 423 g/mol. The van der Waals surface area contributed by atoms with Crippen LogP contribution in [0, 0.1) is 0 Å². The zero-order valence-corrected chi connectivity index (χ0v) is 17.4. The maximum atomic E-state index is 13.9. The van der Waals surface area contributed by atoms with Crippen molar-refractivity contribution in [2.75, 3.05) is 16.4 Å². The van der Waals surface area contributed by atoms with E-state index in [-0.39, 0.29) is 11.8 Å². The molecule has 4 heterocycles. The highest BCUT2D eigenvalue weighted by molar-refractivity contribution is 6.12. The first kappa shape index (κ1) is 18.9. The Morgan fingerprint density at radius 1 is 1.13 bits per heavy atom. The molecule has 9 nitrogen and oxygen atoms in total. The van der Waals surface area contributed by atoms with Gasteiger partial charge in [-0.2, -0.15) is 4.98 Å². The Kier molecular flexibility index (Phi) is 4.04. The number of fused-ring (bicyclic) bond motifs is 3. The lowest BCUT2D eigenvalue weighted by molar-refractivity contribution is -0.125. The second-order valence-electron chi connectivity index (χ2n) is 9.05. The first-order valence-electron chi connectivity index (χ1n) is 11.0. The van der Waals surface area contributed by atoms with E-state index in [1.54, 1.807) is 11.2 Å². The van der Waals surface area contributed by atoms with Crippen molar-refractivity contribution in [3.8, 4) is 0 Å². The molecule has 0 radical (unpaired) electrons. The molecule has 3 unspecified atom stereocenters. The van der Waals surface area contributed by atoms with Crippen LogP contribution in [0.4, 0.5) is 11.4 Å². The van der Waals surface area contributed by atoms with Gasteiger partial charge in [0, 0.05) is 6.61 Å². The number of carbonyl (C=O) groups is 1. The van der Waals surface area contributed by atoms with Crippen LogP contribution >= 0.6 is 0 Å².